The zero-order chi connectivity index (χ0) is 19.5. The minimum absolute atomic E-state index is 0.265. The molecule has 4 rings (SSSR count). The summed E-state index contributed by atoms with van der Waals surface area (Å²) in [6, 6.07) is 15.6. The Morgan fingerprint density at radius 3 is 2.61 bits per heavy atom. The van der Waals surface area contributed by atoms with Gasteiger partial charge in [-0.1, -0.05) is 12.1 Å². The van der Waals surface area contributed by atoms with Crippen LogP contribution in [0.2, 0.25) is 0 Å². The third-order valence-corrected chi connectivity index (χ3v) is 4.36. The summed E-state index contributed by atoms with van der Waals surface area (Å²) in [6.07, 6.45) is 3.84. The first-order chi connectivity index (χ1) is 13.6. The van der Waals surface area contributed by atoms with Gasteiger partial charge in [-0.15, -0.1) is 0 Å². The van der Waals surface area contributed by atoms with Gasteiger partial charge in [-0.05, 0) is 55.0 Å². The van der Waals surface area contributed by atoms with Gasteiger partial charge in [-0.3, -0.25) is 0 Å². The van der Waals surface area contributed by atoms with Crippen LogP contribution in [0, 0.1) is 5.82 Å². The number of hydrogen-bond acceptors (Lipinski definition) is 4. The third-order valence-electron chi connectivity index (χ3n) is 4.36. The maximum atomic E-state index is 13.0. The van der Waals surface area contributed by atoms with E-state index in [1.807, 2.05) is 54.0 Å². The molecule has 0 radical (unpaired) electrons. The summed E-state index contributed by atoms with van der Waals surface area (Å²) in [5.41, 5.74) is 9.92. The molecule has 0 unspecified atom stereocenters. The largest absolute Gasteiger partial charge is 0.492 e. The highest BCUT2D eigenvalue weighted by atomic mass is 19.1. The van der Waals surface area contributed by atoms with Crippen molar-refractivity contribution in [3.05, 3.63) is 78.4 Å². The fraction of sp³-hybridized carbons (Fsp3) is 0.136. The fourth-order valence-corrected chi connectivity index (χ4v) is 2.98. The van der Waals surface area contributed by atoms with Crippen molar-refractivity contribution < 1.29 is 13.9 Å². The number of pyridine rings is 1. The zero-order valence-electron chi connectivity index (χ0n) is 15.4. The highest BCUT2D eigenvalue weighted by molar-refractivity contribution is 5.71. The molecule has 0 atom stereocenters. The standard InChI is InChI=1S/C22H20FN3O2/c1-2-27-20-10-7-16(12-18(20)24)19-13-26-11-3-4-21(22(26)25-19)28-14-15-5-8-17(23)9-6-15/h3-13H,2,14,24H2,1H3. The molecule has 142 valence electrons. The van der Waals surface area contributed by atoms with Gasteiger partial charge in [0.15, 0.2) is 11.4 Å². The molecule has 0 amide bonds. The lowest BCUT2D eigenvalue weighted by Gasteiger charge is -2.07. The van der Waals surface area contributed by atoms with Gasteiger partial charge in [0.05, 0.1) is 18.0 Å². The molecule has 0 aliphatic carbocycles. The second-order valence-corrected chi connectivity index (χ2v) is 6.33. The van der Waals surface area contributed by atoms with Crippen LogP contribution in [-0.2, 0) is 6.61 Å². The zero-order valence-corrected chi connectivity index (χ0v) is 15.4. The highest BCUT2D eigenvalue weighted by Crippen LogP contribution is 2.30. The first kappa shape index (κ1) is 17.9. The van der Waals surface area contributed by atoms with Crippen molar-refractivity contribution in [3.8, 4) is 22.8 Å². The van der Waals surface area contributed by atoms with Crippen LogP contribution < -0.4 is 15.2 Å². The average molecular weight is 377 g/mol. The number of imidazole rings is 1. The first-order valence-corrected chi connectivity index (χ1v) is 9.01. The van der Waals surface area contributed by atoms with Gasteiger partial charge in [0.1, 0.15) is 18.2 Å². The van der Waals surface area contributed by atoms with Crippen LogP contribution in [0.15, 0.2) is 67.0 Å². The summed E-state index contributed by atoms with van der Waals surface area (Å²) >= 11 is 0. The summed E-state index contributed by atoms with van der Waals surface area (Å²) < 4.78 is 26.4. The molecule has 0 aliphatic rings. The quantitative estimate of drug-likeness (QED) is 0.495. The van der Waals surface area contributed by atoms with Gasteiger partial charge >= 0.3 is 0 Å². The average Bonchev–Trinajstić information content (AvgIpc) is 3.14. The third kappa shape index (κ3) is 3.62. The normalized spacial score (nSPS) is 10.9. The molecule has 2 N–H and O–H groups in total. The number of nitrogen functional groups attached to an aromatic ring is 1. The molecule has 6 heteroatoms. The predicted octanol–water partition coefficient (Wildman–Crippen LogP) is 4.70. The van der Waals surface area contributed by atoms with E-state index in [-0.39, 0.29) is 5.82 Å². The van der Waals surface area contributed by atoms with Crippen molar-refractivity contribution >= 4 is 11.3 Å². The molecule has 4 aromatic rings. The minimum Gasteiger partial charge on any atom is -0.492 e. The topological polar surface area (TPSA) is 61.8 Å². The van der Waals surface area contributed by atoms with Crippen LogP contribution in [0.25, 0.3) is 16.9 Å². The number of nitrogens with zero attached hydrogens (tertiary/aromatic N) is 2. The molecular weight excluding hydrogens is 357 g/mol. The van der Waals surface area contributed by atoms with Crippen molar-refractivity contribution in [2.75, 3.05) is 12.3 Å². The predicted molar refractivity (Wildman–Crippen MR) is 107 cm³/mol. The van der Waals surface area contributed by atoms with E-state index in [0.29, 0.717) is 36.0 Å². The Hall–Kier alpha value is -3.54. The maximum absolute atomic E-state index is 13.0. The molecule has 0 bridgehead atoms. The van der Waals surface area contributed by atoms with Crippen LogP contribution in [-0.4, -0.2) is 16.0 Å². The molecule has 0 fully saturated rings. The summed E-state index contributed by atoms with van der Waals surface area (Å²) in [5.74, 6) is 1.05. The smallest absolute Gasteiger partial charge is 0.180 e. The number of benzene rings is 2. The summed E-state index contributed by atoms with van der Waals surface area (Å²) in [7, 11) is 0. The van der Waals surface area contributed by atoms with Crippen molar-refractivity contribution in [1.82, 2.24) is 9.38 Å². The Labute approximate surface area is 162 Å². The summed E-state index contributed by atoms with van der Waals surface area (Å²) in [4.78, 5) is 4.71. The van der Waals surface area contributed by atoms with Gasteiger partial charge < -0.3 is 19.6 Å². The van der Waals surface area contributed by atoms with Crippen molar-refractivity contribution in [2.24, 2.45) is 0 Å². The lowest BCUT2D eigenvalue weighted by Crippen LogP contribution is -1.97. The van der Waals surface area contributed by atoms with Gasteiger partial charge in [0.2, 0.25) is 0 Å². The van der Waals surface area contributed by atoms with E-state index in [9.17, 15) is 4.39 Å². The Morgan fingerprint density at radius 2 is 1.86 bits per heavy atom. The van der Waals surface area contributed by atoms with Crippen LogP contribution in [0.3, 0.4) is 0 Å². The number of rotatable bonds is 6. The Morgan fingerprint density at radius 1 is 1.04 bits per heavy atom. The van der Waals surface area contributed by atoms with Crippen LogP contribution >= 0.6 is 0 Å². The van der Waals surface area contributed by atoms with E-state index in [2.05, 4.69) is 0 Å². The SMILES string of the molecule is CCOc1ccc(-c2cn3cccc(OCc4ccc(F)cc4)c3n2)cc1N. The van der Waals surface area contributed by atoms with E-state index in [0.717, 1.165) is 16.8 Å². The molecule has 0 spiro atoms. The number of hydrogen-bond donors (Lipinski definition) is 1. The molecule has 0 aliphatic heterocycles. The van der Waals surface area contributed by atoms with Crippen LogP contribution in [0.5, 0.6) is 11.5 Å². The van der Waals surface area contributed by atoms with Crippen molar-refractivity contribution in [1.29, 1.82) is 0 Å². The van der Waals surface area contributed by atoms with Gasteiger partial charge in [-0.25, -0.2) is 9.37 Å². The Kier molecular flexibility index (Phi) is 4.85. The molecule has 0 saturated heterocycles. The molecule has 2 aromatic carbocycles. The number of ether oxygens (including phenoxy) is 2. The van der Waals surface area contributed by atoms with E-state index in [1.165, 1.54) is 12.1 Å². The first-order valence-electron chi connectivity index (χ1n) is 9.01. The Bertz CT molecular complexity index is 1110. The molecular formula is C22H20FN3O2. The van der Waals surface area contributed by atoms with Crippen LogP contribution in [0.1, 0.15) is 12.5 Å². The van der Waals surface area contributed by atoms with E-state index >= 15 is 0 Å². The molecule has 0 saturated carbocycles. The van der Waals surface area contributed by atoms with Gasteiger partial charge in [0.25, 0.3) is 0 Å². The fourth-order valence-electron chi connectivity index (χ4n) is 2.98. The molecule has 28 heavy (non-hydrogen) atoms. The number of nitrogens with two attached hydrogens (primary N) is 1. The minimum atomic E-state index is -0.265. The van der Waals surface area contributed by atoms with E-state index in [1.54, 1.807) is 12.1 Å². The summed E-state index contributed by atoms with van der Waals surface area (Å²) in [5, 5.41) is 0. The van der Waals surface area contributed by atoms with Gasteiger partial charge in [-0.2, -0.15) is 0 Å². The van der Waals surface area contributed by atoms with Crippen molar-refractivity contribution in [2.45, 2.75) is 13.5 Å². The highest BCUT2D eigenvalue weighted by Gasteiger charge is 2.11. The Balaban J connectivity index is 1.61. The van der Waals surface area contributed by atoms with E-state index < -0.39 is 0 Å². The number of aromatic nitrogens is 2. The number of anilines is 1. The lowest BCUT2D eigenvalue weighted by molar-refractivity contribution is 0.308. The molecule has 5 nitrogen and oxygen atoms in total. The van der Waals surface area contributed by atoms with Crippen LogP contribution in [0.4, 0.5) is 10.1 Å². The maximum Gasteiger partial charge on any atom is 0.180 e. The van der Waals surface area contributed by atoms with Crippen molar-refractivity contribution in [3.63, 3.8) is 0 Å². The monoisotopic (exact) mass is 377 g/mol. The number of halogens is 1. The molecule has 2 heterocycles. The lowest BCUT2D eigenvalue weighted by atomic mass is 10.1. The van der Waals surface area contributed by atoms with Gasteiger partial charge in [0, 0.05) is 18.0 Å². The second-order valence-electron chi connectivity index (χ2n) is 6.33. The van der Waals surface area contributed by atoms with E-state index in [4.69, 9.17) is 20.2 Å². The number of fused-ring (bicyclic) bond motifs is 1. The molecule has 2 aromatic heterocycles. The summed E-state index contributed by atoms with van der Waals surface area (Å²) in [6.45, 7) is 2.81. The second kappa shape index (κ2) is 7.60.